The molecular weight excluding hydrogens is 352 g/mol. The number of carbonyl (C=O) groups is 2. The monoisotopic (exact) mass is 370 g/mol. The highest BCUT2D eigenvalue weighted by molar-refractivity contribution is 6.03. The number of aromatic nitrogens is 1. The zero-order valence-corrected chi connectivity index (χ0v) is 14.9. The van der Waals surface area contributed by atoms with Crippen LogP contribution in [0, 0.1) is 0 Å². The summed E-state index contributed by atoms with van der Waals surface area (Å²) in [5.74, 6) is -0.345. The Bertz CT molecular complexity index is 866. The number of esters is 2. The lowest BCUT2D eigenvalue weighted by Crippen LogP contribution is -2.38. The second kappa shape index (κ2) is 8.33. The van der Waals surface area contributed by atoms with Gasteiger partial charge in [-0.2, -0.15) is 0 Å². The molecule has 0 aliphatic carbocycles. The molecule has 1 aromatic heterocycles. The van der Waals surface area contributed by atoms with Gasteiger partial charge in [-0.1, -0.05) is 12.1 Å². The summed E-state index contributed by atoms with van der Waals surface area (Å²) in [4.78, 5) is 30.1. The number of para-hydroxylation sites is 2. The van der Waals surface area contributed by atoms with Crippen LogP contribution >= 0.6 is 0 Å². The normalized spacial score (nSPS) is 13.9. The first kappa shape index (κ1) is 18.4. The Hall–Kier alpha value is -3.39. The van der Waals surface area contributed by atoms with E-state index in [1.165, 1.54) is 19.1 Å². The summed E-state index contributed by atoms with van der Waals surface area (Å²) in [5, 5.41) is 0. The van der Waals surface area contributed by atoms with Crippen molar-refractivity contribution in [3.63, 3.8) is 0 Å². The molecule has 0 radical (unpaired) electrons. The van der Waals surface area contributed by atoms with Gasteiger partial charge >= 0.3 is 11.9 Å². The van der Waals surface area contributed by atoms with Crippen molar-refractivity contribution < 1.29 is 28.5 Å². The number of carbonyl (C=O) groups excluding carboxylic acids is 2. The molecule has 2 aromatic rings. The maximum Gasteiger partial charge on any atom is 0.355 e. The third-order valence-corrected chi connectivity index (χ3v) is 3.85. The molecule has 3 rings (SSSR count). The van der Waals surface area contributed by atoms with Crippen molar-refractivity contribution in [3.8, 4) is 11.5 Å². The van der Waals surface area contributed by atoms with Crippen LogP contribution in [0.15, 0.2) is 60.1 Å². The number of rotatable bonds is 5. The van der Waals surface area contributed by atoms with Gasteiger partial charge in [0.05, 0.1) is 38.3 Å². The fourth-order valence-electron chi connectivity index (χ4n) is 2.63. The molecule has 0 N–H and O–H groups in total. The number of anilines is 1. The van der Waals surface area contributed by atoms with Crippen LogP contribution in [0.1, 0.15) is 0 Å². The Balaban J connectivity index is 2.06. The lowest BCUT2D eigenvalue weighted by Gasteiger charge is -2.32. The first-order valence-electron chi connectivity index (χ1n) is 8.07. The van der Waals surface area contributed by atoms with E-state index in [2.05, 4.69) is 4.98 Å². The van der Waals surface area contributed by atoms with Crippen molar-refractivity contribution in [2.45, 2.75) is 0 Å². The molecular formula is C19H18N2O6. The molecule has 0 fully saturated rings. The molecule has 0 atom stereocenters. The average Bonchev–Trinajstić information content (AvgIpc) is 2.73. The quantitative estimate of drug-likeness (QED) is 0.741. The van der Waals surface area contributed by atoms with Gasteiger partial charge in [0, 0.05) is 6.20 Å². The lowest BCUT2D eigenvalue weighted by atomic mass is 10.1. The molecule has 2 heterocycles. The highest BCUT2D eigenvalue weighted by Gasteiger charge is 2.33. The first-order valence-corrected chi connectivity index (χ1v) is 8.07. The summed E-state index contributed by atoms with van der Waals surface area (Å²) in [6, 6.07) is 10.6. The summed E-state index contributed by atoms with van der Waals surface area (Å²) < 4.78 is 21.0. The van der Waals surface area contributed by atoms with E-state index in [4.69, 9.17) is 18.9 Å². The van der Waals surface area contributed by atoms with Crippen LogP contribution in [0.4, 0.5) is 5.69 Å². The number of hydrogen-bond donors (Lipinski definition) is 0. The molecule has 0 saturated carbocycles. The Morgan fingerprint density at radius 2 is 1.85 bits per heavy atom. The van der Waals surface area contributed by atoms with Crippen LogP contribution in [0.3, 0.4) is 0 Å². The van der Waals surface area contributed by atoms with Gasteiger partial charge in [-0.3, -0.25) is 4.98 Å². The van der Waals surface area contributed by atoms with Gasteiger partial charge in [-0.25, -0.2) is 9.59 Å². The molecule has 140 valence electrons. The Kier molecular flexibility index (Phi) is 5.68. The van der Waals surface area contributed by atoms with Crippen LogP contribution in [0.25, 0.3) is 0 Å². The summed E-state index contributed by atoms with van der Waals surface area (Å²) in [5.41, 5.74) is 0.660. The van der Waals surface area contributed by atoms with E-state index in [1.54, 1.807) is 48.8 Å². The van der Waals surface area contributed by atoms with E-state index in [1.807, 2.05) is 0 Å². The number of benzene rings is 1. The van der Waals surface area contributed by atoms with Crippen LogP contribution in [0.5, 0.6) is 11.5 Å². The minimum absolute atomic E-state index is 0.0400. The fourth-order valence-corrected chi connectivity index (χ4v) is 2.63. The third kappa shape index (κ3) is 3.90. The van der Waals surface area contributed by atoms with E-state index in [0.717, 1.165) is 0 Å². The van der Waals surface area contributed by atoms with Gasteiger partial charge in [0.15, 0.2) is 5.75 Å². The van der Waals surface area contributed by atoms with Gasteiger partial charge in [0.2, 0.25) is 0 Å². The SMILES string of the molecule is COC(=O)C1=C(C(=O)OC)N(c2ccccc2Oc2cccnc2)COC1. The zero-order chi connectivity index (χ0) is 19.2. The molecule has 0 bridgehead atoms. The van der Waals surface area contributed by atoms with Crippen LogP contribution in [-0.4, -0.2) is 44.5 Å². The Morgan fingerprint density at radius 1 is 1.07 bits per heavy atom. The van der Waals surface area contributed by atoms with Gasteiger partial charge < -0.3 is 23.8 Å². The second-order valence-corrected chi connectivity index (χ2v) is 5.47. The molecule has 1 aromatic carbocycles. The molecule has 0 saturated heterocycles. The van der Waals surface area contributed by atoms with Crippen LogP contribution in [-0.2, 0) is 23.8 Å². The van der Waals surface area contributed by atoms with Crippen molar-refractivity contribution in [2.24, 2.45) is 0 Å². The molecule has 8 heteroatoms. The summed E-state index contributed by atoms with van der Waals surface area (Å²) in [6.07, 6.45) is 3.21. The van der Waals surface area contributed by atoms with Crippen molar-refractivity contribution in [1.82, 2.24) is 4.98 Å². The molecule has 27 heavy (non-hydrogen) atoms. The molecule has 8 nitrogen and oxygen atoms in total. The third-order valence-electron chi connectivity index (χ3n) is 3.85. The van der Waals surface area contributed by atoms with Gasteiger partial charge in [0.25, 0.3) is 0 Å². The highest BCUT2D eigenvalue weighted by atomic mass is 16.5. The minimum Gasteiger partial charge on any atom is -0.466 e. The van der Waals surface area contributed by atoms with E-state index in [-0.39, 0.29) is 24.6 Å². The van der Waals surface area contributed by atoms with E-state index in [0.29, 0.717) is 17.2 Å². The number of pyridine rings is 1. The summed E-state index contributed by atoms with van der Waals surface area (Å²) in [7, 11) is 2.48. The standard InChI is InChI=1S/C19H18N2O6/c1-24-18(22)14-11-26-12-21(17(14)19(23)25-2)15-7-3-4-8-16(15)27-13-6-5-9-20-10-13/h3-10H,11-12H2,1-2H3. The van der Waals surface area contributed by atoms with Gasteiger partial charge in [-0.05, 0) is 24.3 Å². The van der Waals surface area contributed by atoms with E-state index in [9.17, 15) is 9.59 Å². The zero-order valence-electron chi connectivity index (χ0n) is 14.9. The first-order chi connectivity index (χ1) is 13.2. The van der Waals surface area contributed by atoms with Crippen LogP contribution in [0.2, 0.25) is 0 Å². The summed E-state index contributed by atoms with van der Waals surface area (Å²) >= 11 is 0. The maximum absolute atomic E-state index is 12.4. The average molecular weight is 370 g/mol. The van der Waals surface area contributed by atoms with Crippen molar-refractivity contribution >= 4 is 17.6 Å². The Morgan fingerprint density at radius 3 is 2.56 bits per heavy atom. The molecule has 0 spiro atoms. The molecule has 0 amide bonds. The predicted octanol–water partition coefficient (Wildman–Crippen LogP) is 2.27. The van der Waals surface area contributed by atoms with Crippen molar-refractivity contribution in [1.29, 1.82) is 0 Å². The number of methoxy groups -OCH3 is 2. The van der Waals surface area contributed by atoms with Gasteiger partial charge in [-0.15, -0.1) is 0 Å². The lowest BCUT2D eigenvalue weighted by molar-refractivity contribution is -0.140. The fraction of sp³-hybridized carbons (Fsp3) is 0.211. The number of hydrogen-bond acceptors (Lipinski definition) is 8. The molecule has 1 aliphatic heterocycles. The van der Waals surface area contributed by atoms with E-state index >= 15 is 0 Å². The molecule has 1 aliphatic rings. The Labute approximate surface area is 155 Å². The predicted molar refractivity (Wildman–Crippen MR) is 95.1 cm³/mol. The smallest absolute Gasteiger partial charge is 0.355 e. The largest absolute Gasteiger partial charge is 0.466 e. The molecule has 0 unspecified atom stereocenters. The number of ether oxygens (including phenoxy) is 4. The van der Waals surface area contributed by atoms with Crippen LogP contribution < -0.4 is 9.64 Å². The van der Waals surface area contributed by atoms with Crippen molar-refractivity contribution in [2.75, 3.05) is 32.5 Å². The second-order valence-electron chi connectivity index (χ2n) is 5.47. The van der Waals surface area contributed by atoms with Gasteiger partial charge in [0.1, 0.15) is 18.2 Å². The maximum atomic E-state index is 12.4. The minimum atomic E-state index is -0.671. The summed E-state index contributed by atoms with van der Waals surface area (Å²) in [6.45, 7) is -0.0163. The topological polar surface area (TPSA) is 87.2 Å². The highest BCUT2D eigenvalue weighted by Crippen LogP contribution is 2.36. The van der Waals surface area contributed by atoms with E-state index < -0.39 is 11.9 Å². The number of nitrogens with zero attached hydrogens (tertiary/aromatic N) is 2. The van der Waals surface area contributed by atoms with Crippen molar-refractivity contribution in [3.05, 3.63) is 60.1 Å².